The molecule has 1 aliphatic heterocycles. The first-order chi connectivity index (χ1) is 6.83. The molecular formula is C11H14O2S. The lowest BCUT2D eigenvalue weighted by atomic mass is 10.0. The van der Waals surface area contributed by atoms with E-state index in [9.17, 15) is 5.11 Å². The van der Waals surface area contributed by atoms with Crippen LogP contribution in [0.3, 0.4) is 0 Å². The van der Waals surface area contributed by atoms with Crippen molar-refractivity contribution in [3.8, 4) is 5.75 Å². The summed E-state index contributed by atoms with van der Waals surface area (Å²) in [6.45, 7) is 0. The summed E-state index contributed by atoms with van der Waals surface area (Å²) in [5.74, 6) is 2.85. The Bertz CT molecular complexity index is 325. The van der Waals surface area contributed by atoms with Gasteiger partial charge in [-0.3, -0.25) is 0 Å². The number of benzene rings is 1. The number of hydrogen-bond donors (Lipinski definition) is 1. The Morgan fingerprint density at radius 2 is 2.36 bits per heavy atom. The number of hydrogen-bond acceptors (Lipinski definition) is 3. The third-order valence-electron chi connectivity index (χ3n) is 2.53. The Hall–Kier alpha value is -0.670. The third kappa shape index (κ3) is 1.74. The molecule has 0 saturated heterocycles. The van der Waals surface area contributed by atoms with Crippen LogP contribution in [0.25, 0.3) is 0 Å². The van der Waals surface area contributed by atoms with Crippen molar-refractivity contribution in [1.82, 2.24) is 0 Å². The lowest BCUT2D eigenvalue weighted by Crippen LogP contribution is -2.01. The van der Waals surface area contributed by atoms with E-state index in [4.69, 9.17) is 4.74 Å². The van der Waals surface area contributed by atoms with Gasteiger partial charge >= 0.3 is 0 Å². The van der Waals surface area contributed by atoms with E-state index in [0.29, 0.717) is 0 Å². The predicted octanol–water partition coefficient (Wildman–Crippen LogP) is 2.37. The largest absolute Gasteiger partial charge is 0.496 e. The molecule has 1 aromatic rings. The summed E-state index contributed by atoms with van der Waals surface area (Å²) in [6.07, 6.45) is 0.514. The van der Waals surface area contributed by atoms with Crippen molar-refractivity contribution in [2.24, 2.45) is 0 Å². The maximum absolute atomic E-state index is 9.89. The zero-order valence-electron chi connectivity index (χ0n) is 8.19. The molecule has 0 aliphatic carbocycles. The van der Waals surface area contributed by atoms with Gasteiger partial charge < -0.3 is 9.84 Å². The second-order valence-electron chi connectivity index (χ2n) is 3.39. The number of thioether (sulfide) groups is 1. The van der Waals surface area contributed by atoms with E-state index in [2.05, 4.69) is 0 Å². The van der Waals surface area contributed by atoms with Crippen molar-refractivity contribution >= 4 is 11.8 Å². The van der Waals surface area contributed by atoms with Crippen LogP contribution in [0.4, 0.5) is 0 Å². The number of fused-ring (bicyclic) bond motifs is 1. The zero-order chi connectivity index (χ0) is 9.97. The number of ether oxygens (including phenoxy) is 1. The SMILES string of the molecule is COc1cccc2c1CSCC[C@H]2O. The van der Waals surface area contributed by atoms with E-state index in [1.54, 1.807) is 7.11 Å². The van der Waals surface area contributed by atoms with Crippen LogP contribution >= 0.6 is 11.8 Å². The monoisotopic (exact) mass is 210 g/mol. The van der Waals surface area contributed by atoms with E-state index in [1.165, 1.54) is 0 Å². The fourth-order valence-corrected chi connectivity index (χ4v) is 2.81. The van der Waals surface area contributed by atoms with Gasteiger partial charge in [0.25, 0.3) is 0 Å². The van der Waals surface area contributed by atoms with Crippen molar-refractivity contribution in [3.63, 3.8) is 0 Å². The molecule has 0 fully saturated rings. The molecule has 0 amide bonds. The molecule has 76 valence electrons. The van der Waals surface area contributed by atoms with Crippen LogP contribution in [0.2, 0.25) is 0 Å². The normalized spacial score (nSPS) is 21.1. The van der Waals surface area contributed by atoms with Crippen LogP contribution < -0.4 is 4.74 Å². The highest BCUT2D eigenvalue weighted by molar-refractivity contribution is 7.98. The van der Waals surface area contributed by atoms with Crippen molar-refractivity contribution in [2.45, 2.75) is 18.3 Å². The summed E-state index contributed by atoms with van der Waals surface area (Å²) >= 11 is 1.85. The van der Waals surface area contributed by atoms with Gasteiger partial charge in [-0.2, -0.15) is 11.8 Å². The second kappa shape index (κ2) is 4.24. The number of methoxy groups -OCH3 is 1. The van der Waals surface area contributed by atoms with Crippen LogP contribution in [0.15, 0.2) is 18.2 Å². The highest BCUT2D eigenvalue weighted by Crippen LogP contribution is 2.35. The van der Waals surface area contributed by atoms with Gasteiger partial charge in [0.05, 0.1) is 13.2 Å². The molecule has 0 spiro atoms. The molecule has 2 rings (SSSR count). The van der Waals surface area contributed by atoms with E-state index in [1.807, 2.05) is 30.0 Å². The average molecular weight is 210 g/mol. The molecule has 0 saturated carbocycles. The molecule has 14 heavy (non-hydrogen) atoms. The first-order valence-electron chi connectivity index (χ1n) is 4.74. The number of rotatable bonds is 1. The first-order valence-corrected chi connectivity index (χ1v) is 5.90. The van der Waals surface area contributed by atoms with E-state index >= 15 is 0 Å². The van der Waals surface area contributed by atoms with Crippen LogP contribution in [0.5, 0.6) is 5.75 Å². The molecule has 0 aromatic heterocycles. The van der Waals surface area contributed by atoms with Gasteiger partial charge in [-0.05, 0) is 23.8 Å². The summed E-state index contributed by atoms with van der Waals surface area (Å²) in [5, 5.41) is 9.89. The minimum absolute atomic E-state index is 0.324. The minimum atomic E-state index is -0.324. The van der Waals surface area contributed by atoms with Gasteiger partial charge in [-0.15, -0.1) is 0 Å². The van der Waals surface area contributed by atoms with Crippen molar-refractivity contribution < 1.29 is 9.84 Å². The smallest absolute Gasteiger partial charge is 0.123 e. The summed E-state index contributed by atoms with van der Waals surface area (Å²) in [4.78, 5) is 0. The van der Waals surface area contributed by atoms with E-state index < -0.39 is 0 Å². The molecule has 0 unspecified atom stereocenters. The highest BCUT2D eigenvalue weighted by atomic mass is 32.2. The van der Waals surface area contributed by atoms with Crippen LogP contribution in [0.1, 0.15) is 23.7 Å². The van der Waals surface area contributed by atoms with Crippen LogP contribution in [0, 0.1) is 0 Å². The summed E-state index contributed by atoms with van der Waals surface area (Å²) in [7, 11) is 1.68. The maximum Gasteiger partial charge on any atom is 0.123 e. The van der Waals surface area contributed by atoms with Crippen molar-refractivity contribution in [3.05, 3.63) is 29.3 Å². The van der Waals surface area contributed by atoms with Gasteiger partial charge in [0.1, 0.15) is 5.75 Å². The number of aliphatic hydroxyl groups is 1. The molecule has 1 aromatic carbocycles. The average Bonchev–Trinajstić information content (AvgIpc) is 2.41. The standard InChI is InChI=1S/C11H14O2S/c1-13-11-4-2-3-8-9(11)7-14-6-5-10(8)12/h2-4,10,12H,5-7H2,1H3/t10-/m1/s1. The third-order valence-corrected chi connectivity index (χ3v) is 3.55. The Morgan fingerprint density at radius 3 is 3.14 bits per heavy atom. The lowest BCUT2D eigenvalue weighted by molar-refractivity contribution is 0.174. The zero-order valence-corrected chi connectivity index (χ0v) is 9.01. The van der Waals surface area contributed by atoms with Gasteiger partial charge in [-0.1, -0.05) is 12.1 Å². The molecule has 1 atom stereocenters. The number of aliphatic hydroxyl groups excluding tert-OH is 1. The Kier molecular flexibility index (Phi) is 2.99. The Balaban J connectivity index is 2.46. The van der Waals surface area contributed by atoms with E-state index in [0.717, 1.165) is 34.8 Å². The quantitative estimate of drug-likeness (QED) is 0.771. The van der Waals surface area contributed by atoms with Gasteiger partial charge in [0.15, 0.2) is 0 Å². The molecule has 1 heterocycles. The molecule has 1 aliphatic rings. The topological polar surface area (TPSA) is 29.5 Å². The molecule has 0 radical (unpaired) electrons. The highest BCUT2D eigenvalue weighted by Gasteiger charge is 2.18. The Labute approximate surface area is 88.3 Å². The van der Waals surface area contributed by atoms with Crippen LogP contribution in [-0.4, -0.2) is 18.0 Å². The summed E-state index contributed by atoms with van der Waals surface area (Å²) in [5.41, 5.74) is 2.19. The molecular weight excluding hydrogens is 196 g/mol. The summed E-state index contributed by atoms with van der Waals surface area (Å²) < 4.78 is 5.29. The minimum Gasteiger partial charge on any atom is -0.496 e. The maximum atomic E-state index is 9.89. The Morgan fingerprint density at radius 1 is 1.50 bits per heavy atom. The lowest BCUT2D eigenvalue weighted by Gasteiger charge is -2.13. The van der Waals surface area contributed by atoms with Crippen molar-refractivity contribution in [1.29, 1.82) is 0 Å². The second-order valence-corrected chi connectivity index (χ2v) is 4.49. The molecule has 0 bridgehead atoms. The van der Waals surface area contributed by atoms with Gasteiger partial charge in [0.2, 0.25) is 0 Å². The summed E-state index contributed by atoms with van der Waals surface area (Å²) in [6, 6.07) is 5.89. The van der Waals surface area contributed by atoms with Gasteiger partial charge in [-0.25, -0.2) is 0 Å². The van der Waals surface area contributed by atoms with E-state index in [-0.39, 0.29) is 6.10 Å². The van der Waals surface area contributed by atoms with Crippen LogP contribution in [-0.2, 0) is 5.75 Å². The fraction of sp³-hybridized carbons (Fsp3) is 0.455. The molecule has 3 heteroatoms. The van der Waals surface area contributed by atoms with Crippen molar-refractivity contribution in [2.75, 3.05) is 12.9 Å². The fourth-order valence-electron chi connectivity index (χ4n) is 1.77. The van der Waals surface area contributed by atoms with Gasteiger partial charge in [0, 0.05) is 11.3 Å². The first kappa shape index (κ1) is 9.87. The predicted molar refractivity (Wildman–Crippen MR) is 58.7 cm³/mol. The molecule has 1 N–H and O–H groups in total. The molecule has 2 nitrogen and oxygen atoms in total.